The second-order valence-corrected chi connectivity index (χ2v) is 6.83. The number of aromatic nitrogens is 3. The van der Waals surface area contributed by atoms with Crippen molar-refractivity contribution >= 4 is 22.6 Å². The van der Waals surface area contributed by atoms with Gasteiger partial charge in [-0.3, -0.25) is 4.99 Å². The Labute approximate surface area is 159 Å². The number of rotatable bonds is 2. The van der Waals surface area contributed by atoms with E-state index in [4.69, 9.17) is 11.6 Å². The lowest BCUT2D eigenvalue weighted by molar-refractivity contribution is -0.138. The second-order valence-electron chi connectivity index (χ2n) is 6.39. The summed E-state index contributed by atoms with van der Waals surface area (Å²) in [4.78, 5) is 13.4. The summed E-state index contributed by atoms with van der Waals surface area (Å²) in [7, 11) is 1.83. The first kappa shape index (κ1) is 19.4. The maximum absolute atomic E-state index is 13.2. The summed E-state index contributed by atoms with van der Waals surface area (Å²) >= 11 is 6.07. The monoisotopic (exact) mass is 394 g/mol. The van der Waals surface area contributed by atoms with Gasteiger partial charge in [-0.15, -0.1) is 0 Å². The van der Waals surface area contributed by atoms with Crippen molar-refractivity contribution in [3.05, 3.63) is 63.5 Å². The number of hydrogen-bond donors (Lipinski definition) is 0. The summed E-state index contributed by atoms with van der Waals surface area (Å²) in [6.45, 7) is 5.02. The Hall–Kier alpha value is -2.41. The SMILES string of the molecule is Cc1c(C(C)/N=c2\nc(C)n(C)c3ncc(Cl)cc23)cccc1C(F)(F)F. The van der Waals surface area contributed by atoms with Gasteiger partial charge in [0.05, 0.1) is 22.0 Å². The molecule has 0 saturated carbocycles. The van der Waals surface area contributed by atoms with E-state index in [1.54, 1.807) is 19.1 Å². The molecule has 0 radical (unpaired) electrons. The number of fused-ring (bicyclic) bond motifs is 1. The Kier molecular flexibility index (Phi) is 4.99. The van der Waals surface area contributed by atoms with Crippen molar-refractivity contribution in [2.24, 2.45) is 12.0 Å². The minimum Gasteiger partial charge on any atom is -0.317 e. The van der Waals surface area contributed by atoms with Crippen molar-refractivity contribution in [2.45, 2.75) is 33.0 Å². The van der Waals surface area contributed by atoms with Crippen LogP contribution in [0.3, 0.4) is 0 Å². The lowest BCUT2D eigenvalue weighted by atomic mass is 9.97. The number of hydrogen-bond acceptors (Lipinski definition) is 3. The lowest BCUT2D eigenvalue weighted by Gasteiger charge is -2.16. The van der Waals surface area contributed by atoms with Crippen LogP contribution in [-0.4, -0.2) is 14.5 Å². The van der Waals surface area contributed by atoms with E-state index >= 15 is 0 Å². The van der Waals surface area contributed by atoms with E-state index in [-0.39, 0.29) is 5.56 Å². The largest absolute Gasteiger partial charge is 0.416 e. The molecule has 0 bridgehead atoms. The van der Waals surface area contributed by atoms with E-state index < -0.39 is 17.8 Å². The van der Waals surface area contributed by atoms with Gasteiger partial charge >= 0.3 is 6.18 Å². The molecule has 2 aromatic heterocycles. The summed E-state index contributed by atoms with van der Waals surface area (Å²) in [6.07, 6.45) is -2.87. The van der Waals surface area contributed by atoms with Crippen LogP contribution in [0.5, 0.6) is 0 Å². The van der Waals surface area contributed by atoms with Crippen molar-refractivity contribution in [1.29, 1.82) is 0 Å². The van der Waals surface area contributed by atoms with Gasteiger partial charge in [0.15, 0.2) is 5.49 Å². The van der Waals surface area contributed by atoms with E-state index in [2.05, 4.69) is 15.0 Å². The normalized spacial score (nSPS) is 14.0. The molecule has 1 unspecified atom stereocenters. The molecule has 27 heavy (non-hydrogen) atoms. The van der Waals surface area contributed by atoms with Crippen LogP contribution in [0.1, 0.15) is 35.5 Å². The van der Waals surface area contributed by atoms with E-state index in [0.29, 0.717) is 32.9 Å². The molecule has 4 nitrogen and oxygen atoms in total. The second kappa shape index (κ2) is 6.96. The van der Waals surface area contributed by atoms with Crippen LogP contribution in [0.4, 0.5) is 13.2 Å². The average Bonchev–Trinajstić information content (AvgIpc) is 2.58. The molecule has 0 saturated heterocycles. The quantitative estimate of drug-likeness (QED) is 0.619. The molecule has 8 heteroatoms. The maximum Gasteiger partial charge on any atom is 0.416 e. The Bertz CT molecular complexity index is 1090. The highest BCUT2D eigenvalue weighted by atomic mass is 35.5. The molecule has 0 amide bonds. The Morgan fingerprint density at radius 3 is 2.59 bits per heavy atom. The molecule has 0 aliphatic rings. The van der Waals surface area contributed by atoms with E-state index in [1.807, 2.05) is 18.5 Å². The molecule has 2 heterocycles. The average molecular weight is 395 g/mol. The molecule has 142 valence electrons. The zero-order valence-corrected chi connectivity index (χ0v) is 16.0. The maximum atomic E-state index is 13.2. The van der Waals surface area contributed by atoms with Crippen molar-refractivity contribution < 1.29 is 13.2 Å². The molecular weight excluding hydrogens is 377 g/mol. The Balaban J connectivity index is 2.21. The van der Waals surface area contributed by atoms with Crippen LogP contribution in [-0.2, 0) is 13.2 Å². The van der Waals surface area contributed by atoms with Gasteiger partial charge in [0.1, 0.15) is 11.5 Å². The fourth-order valence-electron chi connectivity index (χ4n) is 3.07. The van der Waals surface area contributed by atoms with Gasteiger partial charge in [0.2, 0.25) is 0 Å². The molecular formula is C19H18ClF3N4. The smallest absolute Gasteiger partial charge is 0.317 e. The van der Waals surface area contributed by atoms with Crippen LogP contribution < -0.4 is 5.49 Å². The third-order valence-electron chi connectivity index (χ3n) is 4.59. The van der Waals surface area contributed by atoms with Gasteiger partial charge in [-0.05, 0) is 44.0 Å². The number of aryl methyl sites for hydroxylation is 2. The fraction of sp³-hybridized carbons (Fsp3) is 0.316. The summed E-state index contributed by atoms with van der Waals surface area (Å²) in [5, 5.41) is 1.08. The number of nitrogens with zero attached hydrogens (tertiary/aromatic N) is 4. The van der Waals surface area contributed by atoms with Crippen molar-refractivity contribution in [1.82, 2.24) is 14.5 Å². The zero-order chi connectivity index (χ0) is 19.9. The van der Waals surface area contributed by atoms with Gasteiger partial charge in [-0.2, -0.15) is 13.2 Å². The van der Waals surface area contributed by atoms with Gasteiger partial charge < -0.3 is 4.57 Å². The molecule has 0 aliphatic carbocycles. The highest BCUT2D eigenvalue weighted by Crippen LogP contribution is 2.35. The molecule has 0 spiro atoms. The molecule has 1 aromatic carbocycles. The van der Waals surface area contributed by atoms with Crippen molar-refractivity contribution in [3.63, 3.8) is 0 Å². The van der Waals surface area contributed by atoms with Crippen LogP contribution in [0.25, 0.3) is 11.0 Å². The predicted molar refractivity (Wildman–Crippen MR) is 98.4 cm³/mol. The number of halogens is 4. The Morgan fingerprint density at radius 1 is 1.22 bits per heavy atom. The first-order valence-corrected chi connectivity index (χ1v) is 8.67. The number of benzene rings is 1. The molecule has 0 aliphatic heterocycles. The highest BCUT2D eigenvalue weighted by molar-refractivity contribution is 6.31. The van der Waals surface area contributed by atoms with Crippen molar-refractivity contribution in [2.75, 3.05) is 0 Å². The van der Waals surface area contributed by atoms with Crippen LogP contribution in [0.15, 0.2) is 35.5 Å². The molecule has 0 fully saturated rings. The van der Waals surface area contributed by atoms with Gasteiger partial charge in [0.25, 0.3) is 0 Å². The van der Waals surface area contributed by atoms with Gasteiger partial charge in [-0.25, -0.2) is 9.97 Å². The molecule has 3 aromatic rings. The van der Waals surface area contributed by atoms with Crippen LogP contribution in [0.2, 0.25) is 5.02 Å². The van der Waals surface area contributed by atoms with Crippen LogP contribution >= 0.6 is 11.6 Å². The molecule has 1 atom stereocenters. The predicted octanol–water partition coefficient (Wildman–Crippen LogP) is 4.92. The molecule has 3 rings (SSSR count). The van der Waals surface area contributed by atoms with E-state index in [9.17, 15) is 13.2 Å². The lowest BCUT2D eigenvalue weighted by Crippen LogP contribution is -2.18. The van der Waals surface area contributed by atoms with Crippen LogP contribution in [0, 0.1) is 13.8 Å². The zero-order valence-electron chi connectivity index (χ0n) is 15.3. The summed E-state index contributed by atoms with van der Waals surface area (Å²) in [5.74, 6) is 0.684. The van der Waals surface area contributed by atoms with E-state index in [0.717, 1.165) is 6.07 Å². The first-order valence-electron chi connectivity index (χ1n) is 8.29. The van der Waals surface area contributed by atoms with Gasteiger partial charge in [0, 0.05) is 13.2 Å². The van der Waals surface area contributed by atoms with Gasteiger partial charge in [-0.1, -0.05) is 23.7 Å². The molecule has 0 N–H and O–H groups in total. The summed E-state index contributed by atoms with van der Waals surface area (Å²) < 4.78 is 41.4. The van der Waals surface area contributed by atoms with E-state index in [1.165, 1.54) is 19.2 Å². The Morgan fingerprint density at radius 2 is 1.93 bits per heavy atom. The third kappa shape index (κ3) is 3.69. The highest BCUT2D eigenvalue weighted by Gasteiger charge is 2.33. The topological polar surface area (TPSA) is 43.1 Å². The number of pyridine rings is 1. The minimum absolute atomic E-state index is 0.167. The standard InChI is InChI=1S/C19H18ClF3N4/c1-10-14(6-5-7-16(10)19(21,22)23)11(2)25-17-15-8-13(20)9-24-18(15)27(4)12(3)26-17/h5-9,11H,1-4H3/b25-17-. The summed E-state index contributed by atoms with van der Waals surface area (Å²) in [6, 6.07) is 5.32. The third-order valence-corrected chi connectivity index (χ3v) is 4.80. The number of alkyl halides is 3. The van der Waals surface area contributed by atoms with Crippen molar-refractivity contribution in [3.8, 4) is 0 Å². The minimum atomic E-state index is -4.40. The summed E-state index contributed by atoms with van der Waals surface area (Å²) in [5.41, 5.74) is 1.07. The first-order chi connectivity index (χ1) is 12.6. The fourth-order valence-corrected chi connectivity index (χ4v) is 3.23.